The number of aliphatic carboxylic acids is 1. The van der Waals surface area contributed by atoms with Gasteiger partial charge in [-0.15, -0.1) is 0 Å². The van der Waals surface area contributed by atoms with Gasteiger partial charge in [-0.1, -0.05) is 18.1 Å². The smallest absolute Gasteiger partial charge is 0.303 e. The average molecular weight is 170 g/mol. The van der Waals surface area contributed by atoms with Crippen molar-refractivity contribution >= 4 is 22.3 Å². The summed E-state index contributed by atoms with van der Waals surface area (Å²) in [6.45, 7) is 2.23. The molecule has 3 atom stereocenters. The van der Waals surface area contributed by atoms with Crippen LogP contribution >= 0.6 is 0 Å². The van der Waals surface area contributed by atoms with Gasteiger partial charge < -0.3 is 5.11 Å². The first kappa shape index (κ1) is 9.09. The lowest BCUT2D eigenvalue weighted by molar-refractivity contribution is -0.138. The summed E-state index contributed by atoms with van der Waals surface area (Å²) < 4.78 is 0.751. The minimum absolute atomic E-state index is 0.401. The highest BCUT2D eigenvalue weighted by Crippen LogP contribution is 2.40. The van der Waals surface area contributed by atoms with Gasteiger partial charge >= 0.3 is 5.97 Å². The van der Waals surface area contributed by atoms with Crippen LogP contribution in [0.15, 0.2) is 0 Å². The van der Waals surface area contributed by atoms with Gasteiger partial charge in [-0.25, -0.2) is 0 Å². The Morgan fingerprint density at radius 3 is 2.64 bits per heavy atom. The van der Waals surface area contributed by atoms with Crippen LogP contribution < -0.4 is 0 Å². The third-order valence-corrected chi connectivity index (χ3v) is 4.14. The molecule has 0 aromatic rings. The molecule has 1 rings (SSSR count). The molecule has 0 aromatic heterocycles. The second kappa shape index (κ2) is 3.60. The van der Waals surface area contributed by atoms with Gasteiger partial charge in [0.25, 0.3) is 0 Å². The summed E-state index contributed by atoms with van der Waals surface area (Å²) in [5.74, 6) is 0.640. The fourth-order valence-electron chi connectivity index (χ4n) is 2.18. The molecule has 1 saturated carbocycles. The molecular formula is C8H15AlO2. The van der Waals surface area contributed by atoms with Crippen molar-refractivity contribution in [3.05, 3.63) is 0 Å². The summed E-state index contributed by atoms with van der Waals surface area (Å²) in [6.07, 6.45) is 2.81. The Hall–Kier alpha value is 0.00247. The first-order chi connectivity index (χ1) is 5.09. The van der Waals surface area contributed by atoms with E-state index in [1.165, 1.54) is 22.7 Å². The molecule has 1 fully saturated rings. The Morgan fingerprint density at radius 1 is 1.64 bits per heavy atom. The molecule has 0 heterocycles. The third kappa shape index (κ3) is 2.50. The van der Waals surface area contributed by atoms with Crippen molar-refractivity contribution < 1.29 is 9.90 Å². The van der Waals surface area contributed by atoms with Gasteiger partial charge in [-0.3, -0.25) is 4.79 Å². The van der Waals surface area contributed by atoms with Crippen LogP contribution in [-0.4, -0.2) is 27.4 Å². The zero-order valence-corrected chi connectivity index (χ0v) is 9.21. The first-order valence-corrected chi connectivity index (χ1v) is 5.47. The van der Waals surface area contributed by atoms with E-state index in [9.17, 15) is 4.79 Å². The monoisotopic (exact) mass is 170 g/mol. The van der Waals surface area contributed by atoms with Crippen molar-refractivity contribution in [1.82, 2.24) is 0 Å². The van der Waals surface area contributed by atoms with Crippen molar-refractivity contribution in [3.63, 3.8) is 0 Å². The molecule has 1 aliphatic rings. The van der Waals surface area contributed by atoms with Crippen molar-refractivity contribution in [2.24, 2.45) is 11.8 Å². The minimum atomic E-state index is -0.620. The zero-order valence-electron chi connectivity index (χ0n) is 7.21. The van der Waals surface area contributed by atoms with Gasteiger partial charge in [-0.2, -0.15) is 0 Å². The van der Waals surface area contributed by atoms with Crippen molar-refractivity contribution in [2.75, 3.05) is 0 Å². The van der Waals surface area contributed by atoms with E-state index in [4.69, 9.17) is 5.11 Å². The molecule has 0 aromatic carbocycles. The van der Waals surface area contributed by atoms with E-state index in [0.717, 1.165) is 17.1 Å². The fourth-order valence-corrected chi connectivity index (χ4v) is 3.49. The number of carboxylic acids is 1. The normalized spacial score (nSPS) is 37.4. The fraction of sp³-hybridized carbons (Fsp3) is 0.875. The van der Waals surface area contributed by atoms with Crippen LogP contribution in [0.1, 0.15) is 26.2 Å². The summed E-state index contributed by atoms with van der Waals surface area (Å²) in [5, 5.41) is 8.59. The molecular weight excluding hydrogens is 155 g/mol. The predicted octanol–water partition coefficient (Wildman–Crippen LogP) is 0.929. The summed E-state index contributed by atoms with van der Waals surface area (Å²) in [5.41, 5.74) is 0. The van der Waals surface area contributed by atoms with Crippen molar-refractivity contribution in [3.8, 4) is 0 Å². The highest BCUT2D eigenvalue weighted by atomic mass is 27.0. The van der Waals surface area contributed by atoms with Crippen molar-refractivity contribution in [2.45, 2.75) is 31.0 Å². The number of hydrogen-bond acceptors (Lipinski definition) is 1. The standard InChI is InChI=1S/C8H13O2.Al.2H/c1-6-2-3-7(4-6)5-8(9)10;;;/h3,6-7H,2,4-5H2,1H3,(H,9,10);;;. The third-order valence-electron chi connectivity index (χ3n) is 2.72. The van der Waals surface area contributed by atoms with Crippen LogP contribution in [0.2, 0.25) is 4.78 Å². The van der Waals surface area contributed by atoms with Gasteiger partial charge in [0.1, 0.15) is 0 Å². The lowest BCUT2D eigenvalue weighted by Gasteiger charge is -2.11. The number of carbonyl (C=O) groups is 1. The van der Waals surface area contributed by atoms with Gasteiger partial charge in [0, 0.05) is 6.42 Å². The molecule has 0 saturated heterocycles. The van der Waals surface area contributed by atoms with Gasteiger partial charge in [0.05, 0.1) is 0 Å². The summed E-state index contributed by atoms with van der Waals surface area (Å²) in [7, 11) is 0. The second-order valence-electron chi connectivity index (χ2n) is 3.91. The van der Waals surface area contributed by atoms with Crippen LogP contribution in [-0.2, 0) is 4.79 Å². The molecule has 0 bridgehead atoms. The quantitative estimate of drug-likeness (QED) is 0.626. The molecule has 0 spiro atoms. The summed E-state index contributed by atoms with van der Waals surface area (Å²) in [4.78, 5) is 10.4. The van der Waals surface area contributed by atoms with Crippen LogP contribution in [0.3, 0.4) is 0 Å². The Labute approximate surface area is 75.4 Å². The number of hydrogen-bond donors (Lipinski definition) is 1. The number of rotatable bonds is 2. The van der Waals surface area contributed by atoms with Gasteiger partial charge in [0.15, 0.2) is 0 Å². The molecule has 1 aliphatic carbocycles. The van der Waals surface area contributed by atoms with E-state index in [-0.39, 0.29) is 0 Å². The van der Waals surface area contributed by atoms with Gasteiger partial charge in [0.2, 0.25) is 16.3 Å². The Kier molecular flexibility index (Phi) is 2.98. The van der Waals surface area contributed by atoms with E-state index in [1.54, 1.807) is 0 Å². The topological polar surface area (TPSA) is 37.3 Å². The van der Waals surface area contributed by atoms with Crippen LogP contribution in [0, 0.1) is 11.8 Å². The van der Waals surface area contributed by atoms with E-state index in [0.29, 0.717) is 12.3 Å². The first-order valence-electron chi connectivity index (χ1n) is 4.31. The lowest BCUT2D eigenvalue weighted by atomic mass is 10.0. The lowest BCUT2D eigenvalue weighted by Crippen LogP contribution is -2.08. The highest BCUT2D eigenvalue weighted by molar-refractivity contribution is 6.12. The Balaban J connectivity index is 2.40. The molecule has 1 N–H and O–H groups in total. The molecule has 3 heteroatoms. The van der Waals surface area contributed by atoms with Crippen LogP contribution in [0.4, 0.5) is 0 Å². The molecule has 2 unspecified atom stereocenters. The van der Waals surface area contributed by atoms with Crippen LogP contribution in [0.25, 0.3) is 0 Å². The minimum Gasteiger partial charge on any atom is -0.481 e. The highest BCUT2D eigenvalue weighted by Gasteiger charge is 2.29. The summed E-state index contributed by atoms with van der Waals surface area (Å²) >= 11 is 1.17. The molecule has 62 valence electrons. The van der Waals surface area contributed by atoms with Gasteiger partial charge in [-0.05, 0) is 18.3 Å². The number of carboxylic acid groups (broad SMARTS) is 1. The maximum absolute atomic E-state index is 10.4. The van der Waals surface area contributed by atoms with E-state index in [1.807, 2.05) is 0 Å². The van der Waals surface area contributed by atoms with Crippen LogP contribution in [0.5, 0.6) is 0 Å². The Bertz CT molecular complexity index is 158. The predicted molar refractivity (Wildman–Crippen MR) is 46.4 cm³/mol. The van der Waals surface area contributed by atoms with Crippen molar-refractivity contribution in [1.29, 1.82) is 0 Å². The molecule has 0 radical (unpaired) electrons. The molecule has 0 amide bonds. The maximum Gasteiger partial charge on any atom is 0.303 e. The molecule has 11 heavy (non-hydrogen) atoms. The molecule has 2 nitrogen and oxygen atoms in total. The SMILES string of the molecule is CC1CC(CC(=O)O)[C@H]([AlH2])C1. The maximum atomic E-state index is 10.4. The van der Waals surface area contributed by atoms with E-state index >= 15 is 0 Å². The average Bonchev–Trinajstić information content (AvgIpc) is 2.09. The van der Waals surface area contributed by atoms with E-state index in [2.05, 4.69) is 6.92 Å². The second-order valence-corrected chi connectivity index (χ2v) is 5.39. The van der Waals surface area contributed by atoms with E-state index < -0.39 is 5.97 Å². The Morgan fingerprint density at radius 2 is 2.27 bits per heavy atom. The zero-order chi connectivity index (χ0) is 8.43. The summed E-state index contributed by atoms with van der Waals surface area (Å²) in [6, 6.07) is 0. The largest absolute Gasteiger partial charge is 0.481 e. The molecule has 0 aliphatic heterocycles.